The van der Waals surface area contributed by atoms with E-state index >= 15 is 0 Å². The third-order valence-corrected chi connectivity index (χ3v) is 10.0. The Labute approximate surface area is 249 Å². The van der Waals surface area contributed by atoms with Crippen LogP contribution in [0.5, 0.6) is 0 Å². The Balaban J connectivity index is 1.43. The molecule has 1 amide bonds. The van der Waals surface area contributed by atoms with Crippen LogP contribution in [0.25, 0.3) is 6.08 Å². The number of rotatable bonds is 8. The summed E-state index contributed by atoms with van der Waals surface area (Å²) in [6, 6.07) is 25.6. The van der Waals surface area contributed by atoms with Crippen LogP contribution in [0.1, 0.15) is 62.9 Å². The minimum absolute atomic E-state index is 0.135. The van der Waals surface area contributed by atoms with Crippen molar-refractivity contribution in [2.75, 3.05) is 10.2 Å². The number of Topliss-reactive ketones (excluding diaryl/α,β-unsaturated/α-hetero) is 2. The van der Waals surface area contributed by atoms with E-state index in [1.54, 1.807) is 0 Å². The second-order valence-electron chi connectivity index (χ2n) is 11.4. The van der Waals surface area contributed by atoms with Crippen molar-refractivity contribution in [1.29, 1.82) is 0 Å². The van der Waals surface area contributed by atoms with Gasteiger partial charge in [-0.05, 0) is 53.1 Å². The fourth-order valence-corrected chi connectivity index (χ4v) is 7.98. The van der Waals surface area contributed by atoms with Crippen molar-refractivity contribution < 1.29 is 14.4 Å². The van der Waals surface area contributed by atoms with Crippen LogP contribution in [-0.4, -0.2) is 29.6 Å². The Morgan fingerprint density at radius 3 is 2.48 bits per heavy atom. The van der Waals surface area contributed by atoms with E-state index in [2.05, 4.69) is 17.1 Å². The van der Waals surface area contributed by atoms with E-state index in [1.165, 1.54) is 23.3 Å². The number of thiophene rings is 1. The van der Waals surface area contributed by atoms with Crippen LogP contribution in [0.2, 0.25) is 0 Å². The molecule has 1 spiro atoms. The van der Waals surface area contributed by atoms with Gasteiger partial charge in [-0.3, -0.25) is 14.4 Å². The molecule has 0 aliphatic carbocycles. The molecule has 210 valence electrons. The number of fused-ring (bicyclic) bond motifs is 6. The molecule has 4 heterocycles. The predicted molar refractivity (Wildman–Crippen MR) is 168 cm³/mol. The van der Waals surface area contributed by atoms with E-state index < -0.39 is 23.4 Å². The molecule has 3 aromatic carbocycles. The first-order chi connectivity index (χ1) is 20.6. The minimum atomic E-state index is -1.28. The van der Waals surface area contributed by atoms with Crippen LogP contribution in [0.15, 0.2) is 96.4 Å². The van der Waals surface area contributed by atoms with Gasteiger partial charge in [0.05, 0.1) is 16.8 Å². The summed E-state index contributed by atoms with van der Waals surface area (Å²) in [6.07, 6.45) is 8.42. The molecule has 1 saturated heterocycles. The number of hydrogen-bond donors (Lipinski definition) is 1. The third-order valence-electron chi connectivity index (χ3n) is 9.16. The van der Waals surface area contributed by atoms with Crippen molar-refractivity contribution in [1.82, 2.24) is 0 Å². The first-order valence-corrected chi connectivity index (χ1v) is 15.6. The lowest BCUT2D eigenvalue weighted by atomic mass is 9.64. The second kappa shape index (κ2) is 10.5. The summed E-state index contributed by atoms with van der Waals surface area (Å²) >= 11 is 1.37. The summed E-state index contributed by atoms with van der Waals surface area (Å²) in [5, 5.41) is 4.98. The van der Waals surface area contributed by atoms with Gasteiger partial charge in [0.1, 0.15) is 11.5 Å². The van der Waals surface area contributed by atoms with Gasteiger partial charge in [-0.1, -0.05) is 98.6 Å². The highest BCUT2D eigenvalue weighted by atomic mass is 32.1. The number of anilines is 2. The van der Waals surface area contributed by atoms with Gasteiger partial charge in [0.25, 0.3) is 0 Å². The fraction of sp³-hybridized carbons (Fsp3) is 0.250. The predicted octanol–water partition coefficient (Wildman–Crippen LogP) is 7.34. The number of carbonyl (C=O) groups excluding carboxylic acids is 3. The van der Waals surface area contributed by atoms with Crippen LogP contribution in [0.3, 0.4) is 0 Å². The Morgan fingerprint density at radius 2 is 1.69 bits per heavy atom. The maximum atomic E-state index is 14.9. The zero-order chi connectivity index (χ0) is 28.8. The highest BCUT2D eigenvalue weighted by Crippen LogP contribution is 2.58. The number of ketones is 2. The fourth-order valence-electron chi connectivity index (χ4n) is 7.28. The maximum absolute atomic E-state index is 14.9. The number of para-hydroxylation sites is 2. The second-order valence-corrected chi connectivity index (χ2v) is 12.4. The molecule has 3 aliphatic rings. The maximum Gasteiger partial charge on any atom is 0.238 e. The van der Waals surface area contributed by atoms with E-state index in [-0.39, 0.29) is 17.5 Å². The highest BCUT2D eigenvalue weighted by molar-refractivity contribution is 7.12. The standard InChI is InChI=1S/C36H32N2O3S/c1-2-3-4-10-23-16-18-25(19-17-23)33(39)31-32(34(40)29-15-9-22-42-29)38-28-14-8-5-11-24(28)20-21-30(38)36(31)26-12-6-7-13-27(26)37-35(36)41/h5-9,11-22,30-32H,2-4,10H2,1H3,(H,37,41)/t30-,31-,32+,36-/m0/s1. The lowest BCUT2D eigenvalue weighted by Crippen LogP contribution is -2.51. The van der Waals surface area contributed by atoms with Crippen molar-refractivity contribution in [3.8, 4) is 0 Å². The van der Waals surface area contributed by atoms with Gasteiger partial charge in [0.2, 0.25) is 5.91 Å². The Hall–Kier alpha value is -4.29. The smallest absolute Gasteiger partial charge is 0.238 e. The van der Waals surface area contributed by atoms with E-state index in [1.807, 2.05) is 102 Å². The first kappa shape index (κ1) is 26.6. The number of hydrogen-bond acceptors (Lipinski definition) is 5. The van der Waals surface area contributed by atoms with Crippen LogP contribution in [0, 0.1) is 5.92 Å². The van der Waals surface area contributed by atoms with E-state index in [0.717, 1.165) is 36.1 Å². The van der Waals surface area contributed by atoms with Crippen LogP contribution in [0.4, 0.5) is 11.4 Å². The molecule has 0 unspecified atom stereocenters. The van der Waals surface area contributed by atoms with Gasteiger partial charge in [-0.25, -0.2) is 0 Å². The van der Waals surface area contributed by atoms with Gasteiger partial charge < -0.3 is 10.2 Å². The average Bonchev–Trinajstić information content (AvgIpc) is 3.74. The quantitative estimate of drug-likeness (QED) is 0.177. The molecular formula is C36H32N2O3S. The summed E-state index contributed by atoms with van der Waals surface area (Å²) in [5.74, 6) is -1.50. The van der Waals surface area contributed by atoms with Gasteiger partial charge in [0, 0.05) is 16.9 Å². The molecule has 1 fully saturated rings. The molecule has 0 bridgehead atoms. The largest absolute Gasteiger partial charge is 0.352 e. The molecule has 42 heavy (non-hydrogen) atoms. The van der Waals surface area contributed by atoms with Gasteiger partial charge in [-0.2, -0.15) is 0 Å². The number of aryl methyl sites for hydroxylation is 1. The molecule has 3 aliphatic heterocycles. The zero-order valence-corrected chi connectivity index (χ0v) is 24.3. The van der Waals surface area contributed by atoms with Crippen molar-refractivity contribution >= 4 is 46.3 Å². The zero-order valence-electron chi connectivity index (χ0n) is 23.5. The topological polar surface area (TPSA) is 66.5 Å². The number of nitrogens with one attached hydrogen (secondary N) is 1. The van der Waals surface area contributed by atoms with Crippen LogP contribution >= 0.6 is 11.3 Å². The molecule has 5 nitrogen and oxygen atoms in total. The van der Waals surface area contributed by atoms with Crippen molar-refractivity contribution in [3.05, 3.63) is 124 Å². The van der Waals surface area contributed by atoms with Crippen LogP contribution in [-0.2, 0) is 16.6 Å². The summed E-state index contributed by atoms with van der Waals surface area (Å²) in [5.41, 5.74) is 3.72. The summed E-state index contributed by atoms with van der Waals surface area (Å²) in [6.45, 7) is 2.19. The lowest BCUT2D eigenvalue weighted by Gasteiger charge is -2.37. The Bertz CT molecular complexity index is 1710. The van der Waals surface area contributed by atoms with E-state index in [4.69, 9.17) is 0 Å². The summed E-state index contributed by atoms with van der Waals surface area (Å²) < 4.78 is 0. The highest BCUT2D eigenvalue weighted by Gasteiger charge is 2.70. The average molecular weight is 573 g/mol. The first-order valence-electron chi connectivity index (χ1n) is 14.7. The van der Waals surface area contributed by atoms with Gasteiger partial charge >= 0.3 is 0 Å². The number of unbranched alkanes of at least 4 members (excludes halogenated alkanes) is 2. The lowest BCUT2D eigenvalue weighted by molar-refractivity contribution is -0.121. The van der Waals surface area contributed by atoms with Crippen molar-refractivity contribution in [2.45, 2.75) is 50.1 Å². The van der Waals surface area contributed by atoms with Crippen molar-refractivity contribution in [3.63, 3.8) is 0 Å². The number of carbonyl (C=O) groups is 3. The normalized spacial score (nSPS) is 23.4. The SMILES string of the molecule is CCCCCc1ccc(C(=O)[C@@H]2[C@H](C(=O)c3cccs3)N3c4ccccc4C=C[C@H]3[C@]23C(=O)Nc2ccccc23)cc1. The third kappa shape index (κ3) is 3.92. The molecule has 6 heteroatoms. The molecule has 7 rings (SSSR count). The summed E-state index contributed by atoms with van der Waals surface area (Å²) in [4.78, 5) is 46.5. The molecule has 0 saturated carbocycles. The Morgan fingerprint density at radius 1 is 0.905 bits per heavy atom. The van der Waals surface area contributed by atoms with E-state index in [9.17, 15) is 14.4 Å². The molecule has 1 N–H and O–H groups in total. The van der Waals surface area contributed by atoms with Gasteiger partial charge in [0.15, 0.2) is 11.6 Å². The monoisotopic (exact) mass is 572 g/mol. The molecule has 1 aromatic heterocycles. The van der Waals surface area contributed by atoms with Crippen LogP contribution < -0.4 is 10.2 Å². The van der Waals surface area contributed by atoms with Crippen molar-refractivity contribution in [2.24, 2.45) is 5.92 Å². The molecular weight excluding hydrogens is 540 g/mol. The number of benzene rings is 3. The van der Waals surface area contributed by atoms with Gasteiger partial charge in [-0.15, -0.1) is 11.3 Å². The number of nitrogens with zero attached hydrogens (tertiary/aromatic N) is 1. The molecule has 4 aromatic rings. The minimum Gasteiger partial charge on any atom is -0.352 e. The Kier molecular flexibility index (Phi) is 6.66. The van der Waals surface area contributed by atoms with E-state index in [0.29, 0.717) is 16.1 Å². The molecule has 4 atom stereocenters. The molecule has 0 radical (unpaired) electrons. The summed E-state index contributed by atoms with van der Waals surface area (Å²) in [7, 11) is 0. The number of amides is 1.